The van der Waals surface area contributed by atoms with Crippen LogP contribution in [0.25, 0.3) is 0 Å². The van der Waals surface area contributed by atoms with E-state index in [1.807, 2.05) is 0 Å². The van der Waals surface area contributed by atoms with Crippen molar-refractivity contribution in [3.05, 3.63) is 58.8 Å². The minimum atomic E-state index is -4.66. The van der Waals surface area contributed by atoms with Gasteiger partial charge in [-0.15, -0.1) is 0 Å². The van der Waals surface area contributed by atoms with Gasteiger partial charge >= 0.3 is 12.4 Å². The number of aliphatic hydroxyl groups is 1. The number of nitrogens with one attached hydrogen (secondary N) is 1. The molecule has 0 bridgehead atoms. The highest BCUT2D eigenvalue weighted by molar-refractivity contribution is 5.86. The van der Waals surface area contributed by atoms with Gasteiger partial charge in [0.25, 0.3) is 5.91 Å². The van der Waals surface area contributed by atoms with Crippen molar-refractivity contribution in [3.63, 3.8) is 0 Å². The Hall–Kier alpha value is -2.82. The normalized spacial score (nSPS) is 14.2. The Bertz CT molecular complexity index is 897. The molecule has 30 heavy (non-hydrogen) atoms. The molecule has 0 spiro atoms. The molecule has 1 aromatic carbocycles. The number of methoxy groups -OCH3 is 1. The zero-order valence-corrected chi connectivity index (χ0v) is 15.9. The fraction of sp³-hybridized carbons (Fsp3) is 0.368. The Morgan fingerprint density at radius 3 is 2.03 bits per heavy atom. The van der Waals surface area contributed by atoms with E-state index >= 15 is 0 Å². The van der Waals surface area contributed by atoms with Crippen LogP contribution in [0.5, 0.6) is 5.88 Å². The summed E-state index contributed by atoms with van der Waals surface area (Å²) in [6.07, 6.45) is -8.86. The second-order valence-corrected chi connectivity index (χ2v) is 6.36. The molecule has 1 amide bonds. The van der Waals surface area contributed by atoms with Crippen LogP contribution in [-0.2, 0) is 29.3 Å². The van der Waals surface area contributed by atoms with Crippen LogP contribution >= 0.6 is 0 Å². The van der Waals surface area contributed by atoms with Gasteiger partial charge in [-0.25, -0.2) is 4.98 Å². The Kier molecular flexibility index (Phi) is 6.65. The van der Waals surface area contributed by atoms with Crippen LogP contribution in [0, 0.1) is 0 Å². The Morgan fingerprint density at radius 2 is 1.57 bits per heavy atom. The number of alkyl halides is 6. The molecule has 1 atom stereocenters. The predicted molar refractivity (Wildman–Crippen MR) is 93.3 cm³/mol. The van der Waals surface area contributed by atoms with E-state index in [9.17, 15) is 36.2 Å². The number of nitrogens with zero attached hydrogens (tertiary/aromatic N) is 1. The smallest absolute Gasteiger partial charge is 0.417 e. The van der Waals surface area contributed by atoms with Crippen LogP contribution in [-0.4, -0.2) is 23.1 Å². The van der Waals surface area contributed by atoms with E-state index in [1.165, 1.54) is 14.0 Å². The van der Waals surface area contributed by atoms with Gasteiger partial charge in [0.05, 0.1) is 18.2 Å². The molecule has 0 unspecified atom stereocenters. The van der Waals surface area contributed by atoms with Crippen LogP contribution in [0.15, 0.2) is 36.5 Å². The van der Waals surface area contributed by atoms with Crippen molar-refractivity contribution in [2.75, 3.05) is 7.11 Å². The molecule has 1 heterocycles. The van der Waals surface area contributed by atoms with Gasteiger partial charge in [-0.3, -0.25) is 4.79 Å². The fourth-order valence-corrected chi connectivity index (χ4v) is 2.72. The number of hydrogen-bond donors (Lipinski definition) is 2. The third kappa shape index (κ3) is 5.02. The largest absolute Gasteiger partial charge is 0.481 e. The van der Waals surface area contributed by atoms with Crippen LogP contribution in [0.2, 0.25) is 0 Å². The van der Waals surface area contributed by atoms with Crippen LogP contribution in [0.3, 0.4) is 0 Å². The molecular formula is C19H18F6N2O3. The van der Waals surface area contributed by atoms with Crippen LogP contribution in [0.4, 0.5) is 26.3 Å². The average Bonchev–Trinajstić information content (AvgIpc) is 2.69. The van der Waals surface area contributed by atoms with Crippen LogP contribution < -0.4 is 10.1 Å². The monoisotopic (exact) mass is 436 g/mol. The van der Waals surface area contributed by atoms with E-state index in [2.05, 4.69) is 10.3 Å². The SMILES string of the molecule is CC[C@](O)(C(=O)NCc1cc(C(F)(F)F)cnc1OC)c1ccc(C(F)(F)F)cc1. The summed E-state index contributed by atoms with van der Waals surface area (Å²) in [5.41, 5.74) is -4.38. The molecule has 164 valence electrons. The second-order valence-electron chi connectivity index (χ2n) is 6.36. The molecule has 0 aliphatic heterocycles. The van der Waals surface area contributed by atoms with E-state index in [-0.39, 0.29) is 23.4 Å². The molecule has 2 rings (SSSR count). The number of hydrogen-bond acceptors (Lipinski definition) is 4. The summed E-state index contributed by atoms with van der Waals surface area (Å²) < 4.78 is 81.7. The number of ether oxygens (including phenoxy) is 1. The molecule has 1 aromatic heterocycles. The van der Waals surface area contributed by atoms with Gasteiger partial charge < -0.3 is 15.2 Å². The lowest BCUT2D eigenvalue weighted by atomic mass is 9.89. The first-order valence-electron chi connectivity index (χ1n) is 8.61. The highest BCUT2D eigenvalue weighted by atomic mass is 19.4. The number of carbonyl (C=O) groups excluding carboxylic acids is 1. The molecule has 5 nitrogen and oxygen atoms in total. The topological polar surface area (TPSA) is 71.5 Å². The van der Waals surface area contributed by atoms with E-state index in [4.69, 9.17) is 4.74 Å². The van der Waals surface area contributed by atoms with Gasteiger partial charge in [0.1, 0.15) is 0 Å². The molecule has 0 aliphatic carbocycles. The Labute approximate surface area is 167 Å². The van der Waals surface area contributed by atoms with E-state index < -0.39 is 41.5 Å². The van der Waals surface area contributed by atoms with Crippen molar-refractivity contribution in [3.8, 4) is 5.88 Å². The molecule has 0 fully saturated rings. The van der Waals surface area contributed by atoms with Crippen molar-refractivity contribution < 1.29 is 41.0 Å². The van der Waals surface area contributed by atoms with Crippen molar-refractivity contribution in [1.29, 1.82) is 0 Å². The average molecular weight is 436 g/mol. The molecular weight excluding hydrogens is 418 g/mol. The number of rotatable bonds is 6. The maximum atomic E-state index is 12.9. The van der Waals surface area contributed by atoms with E-state index in [0.29, 0.717) is 6.20 Å². The summed E-state index contributed by atoms with van der Waals surface area (Å²) in [6, 6.07) is 4.14. The molecule has 0 aliphatic rings. The molecule has 0 saturated heterocycles. The minimum absolute atomic E-state index is 0.0912. The lowest BCUT2D eigenvalue weighted by molar-refractivity contribution is -0.141. The molecule has 2 N–H and O–H groups in total. The lowest BCUT2D eigenvalue weighted by Crippen LogP contribution is -2.43. The van der Waals surface area contributed by atoms with Crippen molar-refractivity contribution in [2.45, 2.75) is 37.8 Å². The fourth-order valence-electron chi connectivity index (χ4n) is 2.72. The first-order valence-corrected chi connectivity index (χ1v) is 8.61. The number of amides is 1. The number of halogens is 6. The zero-order valence-electron chi connectivity index (χ0n) is 15.9. The number of benzene rings is 1. The number of pyridine rings is 1. The lowest BCUT2D eigenvalue weighted by Gasteiger charge is -2.26. The Balaban J connectivity index is 2.25. The summed E-state index contributed by atoms with van der Waals surface area (Å²) in [6.45, 7) is 0.978. The summed E-state index contributed by atoms with van der Waals surface area (Å²) >= 11 is 0. The third-order valence-electron chi connectivity index (χ3n) is 4.46. The predicted octanol–water partition coefficient (Wildman–Crippen LogP) is 4.04. The van der Waals surface area contributed by atoms with Gasteiger partial charge in [-0.05, 0) is 30.2 Å². The zero-order chi connectivity index (χ0) is 22.7. The minimum Gasteiger partial charge on any atom is -0.481 e. The molecule has 0 saturated carbocycles. The first-order chi connectivity index (χ1) is 13.8. The van der Waals surface area contributed by atoms with Crippen molar-refractivity contribution in [1.82, 2.24) is 10.3 Å². The van der Waals surface area contributed by atoms with E-state index in [0.717, 1.165) is 30.3 Å². The number of aromatic nitrogens is 1. The quantitative estimate of drug-likeness (QED) is 0.671. The Morgan fingerprint density at radius 1 is 1.03 bits per heavy atom. The van der Waals surface area contributed by atoms with Gasteiger partial charge in [-0.1, -0.05) is 19.1 Å². The summed E-state index contributed by atoms with van der Waals surface area (Å²) in [7, 11) is 1.19. The molecule has 0 radical (unpaired) electrons. The van der Waals surface area contributed by atoms with Crippen molar-refractivity contribution in [2.24, 2.45) is 0 Å². The standard InChI is InChI=1S/C19H18F6N2O3/c1-3-17(29,12-4-6-13(7-5-12)18(20,21)22)16(28)27-9-11-8-14(19(23,24)25)10-26-15(11)30-2/h4-8,10,29H,3,9H2,1-2H3,(H,27,28)/t17-/m1/s1. The highest BCUT2D eigenvalue weighted by Crippen LogP contribution is 2.33. The summed E-state index contributed by atoms with van der Waals surface area (Å²) in [4.78, 5) is 16.1. The molecule has 2 aromatic rings. The maximum Gasteiger partial charge on any atom is 0.417 e. The van der Waals surface area contributed by atoms with Crippen molar-refractivity contribution >= 4 is 5.91 Å². The number of carbonyl (C=O) groups is 1. The van der Waals surface area contributed by atoms with Gasteiger partial charge in [0.15, 0.2) is 5.60 Å². The summed E-state index contributed by atoms with van der Waals surface area (Å²) in [5.74, 6) is -1.15. The maximum absolute atomic E-state index is 12.9. The highest BCUT2D eigenvalue weighted by Gasteiger charge is 2.38. The van der Waals surface area contributed by atoms with Gasteiger partial charge in [-0.2, -0.15) is 26.3 Å². The van der Waals surface area contributed by atoms with Crippen LogP contribution in [0.1, 0.15) is 35.6 Å². The van der Waals surface area contributed by atoms with Gasteiger partial charge in [0.2, 0.25) is 5.88 Å². The summed E-state index contributed by atoms with van der Waals surface area (Å²) in [5, 5.41) is 13.0. The van der Waals surface area contributed by atoms with Gasteiger partial charge in [0, 0.05) is 18.3 Å². The molecule has 11 heteroatoms. The van der Waals surface area contributed by atoms with E-state index in [1.54, 1.807) is 0 Å². The first kappa shape index (κ1) is 23.5. The third-order valence-corrected chi connectivity index (χ3v) is 4.46. The second kappa shape index (κ2) is 8.50.